The normalized spacial score (nSPS) is 22.1. The van der Waals surface area contributed by atoms with Crippen LogP contribution in [0, 0.1) is 34.7 Å². The lowest BCUT2D eigenvalue weighted by molar-refractivity contribution is -0.133. The van der Waals surface area contributed by atoms with Crippen LogP contribution in [0.25, 0.3) is 0 Å². The number of aromatic nitrogens is 2. The molecular weight excluding hydrogens is 503 g/mol. The van der Waals surface area contributed by atoms with Gasteiger partial charge in [0.1, 0.15) is 17.9 Å². The van der Waals surface area contributed by atoms with Crippen molar-refractivity contribution < 1.29 is 27.6 Å². The van der Waals surface area contributed by atoms with Gasteiger partial charge in [-0.15, -0.1) is 0 Å². The van der Waals surface area contributed by atoms with E-state index in [4.69, 9.17) is 5.73 Å². The highest BCUT2D eigenvalue weighted by Gasteiger charge is 2.54. The van der Waals surface area contributed by atoms with Crippen molar-refractivity contribution in [3.8, 4) is 6.07 Å². The Morgan fingerprint density at radius 1 is 1.16 bits per heavy atom. The van der Waals surface area contributed by atoms with Crippen molar-refractivity contribution in [1.82, 2.24) is 25.5 Å². The molecule has 1 aliphatic carbocycles. The second-order valence-corrected chi connectivity index (χ2v) is 9.83. The Balaban J connectivity index is 1.44. The summed E-state index contributed by atoms with van der Waals surface area (Å²) in [7, 11) is 0. The molecule has 0 bridgehead atoms. The number of nitrogens with zero attached hydrogens (tertiary/aromatic N) is 3. The molecule has 0 spiro atoms. The molecule has 1 aromatic heterocycles. The zero-order chi connectivity index (χ0) is 27.6. The minimum absolute atomic E-state index is 0.0434. The molecule has 0 radical (unpaired) electrons. The quantitative estimate of drug-likeness (QED) is 0.333. The fourth-order valence-corrected chi connectivity index (χ4v) is 4.84. The fourth-order valence-electron chi connectivity index (χ4n) is 4.84. The number of fused-ring (bicyclic) bond motifs is 1. The van der Waals surface area contributed by atoms with E-state index in [9.17, 15) is 32.8 Å². The number of likely N-dealkylation sites (tertiary alicyclic amines) is 1. The Kier molecular flexibility index (Phi) is 8.01. The average molecular weight is 532 g/mol. The van der Waals surface area contributed by atoms with Crippen molar-refractivity contribution in [2.75, 3.05) is 0 Å². The van der Waals surface area contributed by atoms with Crippen molar-refractivity contribution in [2.45, 2.75) is 69.2 Å². The number of carbonyl (C=O) groups is 3. The highest BCUT2D eigenvalue weighted by atomic mass is 19.2. The van der Waals surface area contributed by atoms with Gasteiger partial charge in [-0.25, -0.2) is 18.2 Å². The first-order valence-electron chi connectivity index (χ1n) is 12.2. The number of carbonyl (C=O) groups excluding carboxylic acids is 3. The largest absolute Gasteiger partial charge is 0.351 e. The molecule has 202 valence electrons. The number of halogens is 3. The van der Waals surface area contributed by atoms with Crippen LogP contribution in [0.2, 0.25) is 0 Å². The van der Waals surface area contributed by atoms with Gasteiger partial charge in [0.2, 0.25) is 17.7 Å². The summed E-state index contributed by atoms with van der Waals surface area (Å²) in [5.74, 6) is -5.09. The summed E-state index contributed by atoms with van der Waals surface area (Å²) in [5.41, 5.74) is 6.30. The first-order chi connectivity index (χ1) is 18.1. The summed E-state index contributed by atoms with van der Waals surface area (Å²) in [4.78, 5) is 46.7. The summed E-state index contributed by atoms with van der Waals surface area (Å²) >= 11 is 0. The van der Waals surface area contributed by atoms with Crippen molar-refractivity contribution in [2.24, 2.45) is 11.7 Å². The van der Waals surface area contributed by atoms with Crippen LogP contribution in [0.1, 0.15) is 37.4 Å². The van der Waals surface area contributed by atoms with Crippen molar-refractivity contribution in [1.29, 1.82) is 5.26 Å². The summed E-state index contributed by atoms with van der Waals surface area (Å²) in [6.07, 6.45) is 3.86. The van der Waals surface area contributed by atoms with E-state index < -0.39 is 59.3 Å². The van der Waals surface area contributed by atoms with E-state index in [2.05, 4.69) is 26.7 Å². The number of amides is 3. The molecule has 1 saturated carbocycles. The number of H-pyrrole nitrogens is 1. The van der Waals surface area contributed by atoms with E-state index in [0.29, 0.717) is 24.2 Å². The highest BCUT2D eigenvalue weighted by molar-refractivity contribution is 5.90. The molecule has 2 aliphatic rings. The molecule has 4 rings (SSSR count). The predicted molar refractivity (Wildman–Crippen MR) is 127 cm³/mol. The van der Waals surface area contributed by atoms with Crippen molar-refractivity contribution >= 4 is 17.7 Å². The van der Waals surface area contributed by atoms with Crippen molar-refractivity contribution in [3.63, 3.8) is 0 Å². The standard InChI is InChI=1S/C25H28F3N7O3/c1-12(33-25(38)21(30)6-16-10-31-11-32-16)24(37)34-15(2-13-4-19(27)20(28)8-18(13)26)7-23(36)35-17(9-29)3-14-5-22(14)35/h4,8,10-12,14-15,17,21-22H,2-3,5-7,30H2,1H3,(H,31,32)(H,33,38)(H,34,37)/t12?,14?,15-,17?,21?,22?/m1/s1. The molecule has 2 aromatic rings. The maximum absolute atomic E-state index is 14.4. The van der Waals surface area contributed by atoms with E-state index in [0.717, 1.165) is 6.42 Å². The molecule has 10 nitrogen and oxygen atoms in total. The first kappa shape index (κ1) is 27.1. The molecule has 38 heavy (non-hydrogen) atoms. The van der Waals surface area contributed by atoms with Gasteiger partial charge < -0.3 is 26.3 Å². The van der Waals surface area contributed by atoms with Crippen LogP contribution in [0.15, 0.2) is 24.7 Å². The van der Waals surface area contributed by atoms with E-state index in [1.807, 2.05) is 0 Å². The molecule has 1 aromatic carbocycles. The Labute approximate surface area is 216 Å². The molecule has 1 aliphatic heterocycles. The SMILES string of the molecule is CC(NC(=O)C(N)Cc1cnc[nH]1)C(=O)N[C@@H](CC(=O)N1C(C#N)CC2CC21)Cc1cc(F)c(F)cc1F. The first-order valence-corrected chi connectivity index (χ1v) is 12.2. The van der Waals surface area contributed by atoms with Gasteiger partial charge in [-0.2, -0.15) is 5.26 Å². The second-order valence-electron chi connectivity index (χ2n) is 9.83. The van der Waals surface area contributed by atoms with Gasteiger partial charge in [-0.1, -0.05) is 0 Å². The van der Waals surface area contributed by atoms with Crippen LogP contribution in [0.3, 0.4) is 0 Å². The topological polar surface area (TPSA) is 157 Å². The third-order valence-electron chi connectivity index (χ3n) is 6.95. The average Bonchev–Trinajstić information content (AvgIpc) is 3.24. The molecule has 6 atom stereocenters. The molecule has 5 unspecified atom stereocenters. The van der Waals surface area contributed by atoms with Gasteiger partial charge in [0.15, 0.2) is 11.6 Å². The maximum atomic E-state index is 14.4. The van der Waals surface area contributed by atoms with Gasteiger partial charge in [0, 0.05) is 42.9 Å². The minimum atomic E-state index is -1.36. The third-order valence-corrected chi connectivity index (χ3v) is 6.95. The van der Waals surface area contributed by atoms with Crippen LogP contribution in [0.5, 0.6) is 0 Å². The predicted octanol–water partition coefficient (Wildman–Crippen LogP) is 0.832. The number of nitriles is 1. The van der Waals surface area contributed by atoms with E-state index in [-0.39, 0.29) is 36.8 Å². The van der Waals surface area contributed by atoms with Crippen LogP contribution >= 0.6 is 0 Å². The van der Waals surface area contributed by atoms with Gasteiger partial charge in [-0.05, 0) is 43.7 Å². The zero-order valence-corrected chi connectivity index (χ0v) is 20.6. The molecule has 2 fully saturated rings. The summed E-state index contributed by atoms with van der Waals surface area (Å²) in [5, 5.41) is 14.5. The molecule has 5 N–H and O–H groups in total. The summed E-state index contributed by atoms with van der Waals surface area (Å²) in [6, 6.07) is -0.509. The Morgan fingerprint density at radius 2 is 1.89 bits per heavy atom. The monoisotopic (exact) mass is 531 g/mol. The summed E-state index contributed by atoms with van der Waals surface area (Å²) < 4.78 is 41.6. The number of hydrogen-bond donors (Lipinski definition) is 4. The maximum Gasteiger partial charge on any atom is 0.242 e. The van der Waals surface area contributed by atoms with Gasteiger partial charge in [0.25, 0.3) is 0 Å². The van der Waals surface area contributed by atoms with Crippen molar-refractivity contribution in [3.05, 3.63) is 53.4 Å². The van der Waals surface area contributed by atoms with E-state index >= 15 is 0 Å². The Hall–Kier alpha value is -3.92. The van der Waals surface area contributed by atoms with Crippen LogP contribution in [-0.4, -0.2) is 62.8 Å². The number of nitrogens with two attached hydrogens (primary N) is 1. The van der Waals surface area contributed by atoms with E-state index in [1.165, 1.54) is 24.3 Å². The minimum Gasteiger partial charge on any atom is -0.351 e. The molecule has 13 heteroatoms. The summed E-state index contributed by atoms with van der Waals surface area (Å²) in [6.45, 7) is 1.41. The molecule has 3 amide bonds. The molecule has 2 heterocycles. The van der Waals surface area contributed by atoms with Gasteiger partial charge in [0.05, 0.1) is 18.4 Å². The van der Waals surface area contributed by atoms with Crippen LogP contribution in [-0.2, 0) is 27.2 Å². The molecule has 1 saturated heterocycles. The lowest BCUT2D eigenvalue weighted by atomic mass is 10.0. The Bertz CT molecular complexity index is 1250. The Morgan fingerprint density at radius 3 is 2.58 bits per heavy atom. The van der Waals surface area contributed by atoms with E-state index in [1.54, 1.807) is 0 Å². The fraction of sp³-hybridized carbons (Fsp3) is 0.480. The number of piperidine rings is 1. The van der Waals surface area contributed by atoms with Crippen LogP contribution in [0.4, 0.5) is 13.2 Å². The van der Waals surface area contributed by atoms with Crippen LogP contribution < -0.4 is 16.4 Å². The number of aromatic amines is 1. The van der Waals surface area contributed by atoms with Gasteiger partial charge in [-0.3, -0.25) is 14.4 Å². The lowest BCUT2D eigenvalue weighted by Gasteiger charge is -2.27. The highest BCUT2D eigenvalue weighted by Crippen LogP contribution is 2.47. The smallest absolute Gasteiger partial charge is 0.242 e. The number of hydrogen-bond acceptors (Lipinski definition) is 6. The second kappa shape index (κ2) is 11.2. The number of benzene rings is 1. The number of nitrogens with one attached hydrogen (secondary N) is 3. The number of rotatable bonds is 10. The third kappa shape index (κ3) is 6.13. The molecular formula is C25H28F3N7O3. The lowest BCUT2D eigenvalue weighted by Crippen LogP contribution is -2.53. The number of imidazole rings is 1. The van der Waals surface area contributed by atoms with Gasteiger partial charge >= 0.3 is 0 Å². The zero-order valence-electron chi connectivity index (χ0n) is 20.6.